The van der Waals surface area contributed by atoms with Crippen molar-refractivity contribution >= 4 is 17.4 Å². The molecular formula is C16H14N2O2. The molecule has 0 bridgehead atoms. The standard InChI is InChI=1S/C16H14N2O2/c1-11-2-3-14-13(10-11)15(19)16(20)18(14)9-6-12-4-7-17-8-5-12/h2-5,7-8,10H,6,9H2,1H3. The molecule has 4 nitrogen and oxygen atoms in total. The van der Waals surface area contributed by atoms with Gasteiger partial charge in [0.1, 0.15) is 0 Å². The van der Waals surface area contributed by atoms with Crippen LogP contribution in [0.2, 0.25) is 0 Å². The smallest absolute Gasteiger partial charge is 0.299 e. The number of ketones is 1. The number of aryl methyl sites for hydroxylation is 1. The minimum Gasteiger partial charge on any atom is -0.304 e. The number of benzene rings is 1. The van der Waals surface area contributed by atoms with Gasteiger partial charge in [0.05, 0.1) is 11.3 Å². The van der Waals surface area contributed by atoms with Gasteiger partial charge < -0.3 is 4.90 Å². The number of aromatic nitrogens is 1. The third-order valence-electron chi connectivity index (χ3n) is 3.50. The molecule has 3 rings (SSSR count). The monoisotopic (exact) mass is 266 g/mol. The molecule has 0 N–H and O–H groups in total. The van der Waals surface area contributed by atoms with Crippen LogP contribution in [0.1, 0.15) is 21.5 Å². The molecule has 1 aromatic heterocycles. The maximum absolute atomic E-state index is 12.1. The van der Waals surface area contributed by atoms with Gasteiger partial charge in [-0.1, -0.05) is 11.6 Å². The van der Waals surface area contributed by atoms with Crippen molar-refractivity contribution in [1.29, 1.82) is 0 Å². The zero-order chi connectivity index (χ0) is 14.1. The maximum atomic E-state index is 12.1. The first kappa shape index (κ1) is 12.5. The van der Waals surface area contributed by atoms with Gasteiger partial charge in [-0.3, -0.25) is 14.6 Å². The molecule has 0 fully saturated rings. The van der Waals surface area contributed by atoms with Crippen LogP contribution in [0.25, 0.3) is 0 Å². The minimum absolute atomic E-state index is 0.404. The molecule has 2 heterocycles. The number of anilines is 1. The van der Waals surface area contributed by atoms with Crippen LogP contribution in [0, 0.1) is 6.92 Å². The first-order valence-electron chi connectivity index (χ1n) is 6.52. The number of Topliss-reactive ketones (excluding diaryl/α,β-unsaturated/α-hetero) is 1. The lowest BCUT2D eigenvalue weighted by Gasteiger charge is -2.16. The second-order valence-corrected chi connectivity index (χ2v) is 4.91. The van der Waals surface area contributed by atoms with Crippen molar-refractivity contribution in [2.24, 2.45) is 0 Å². The number of fused-ring (bicyclic) bond motifs is 1. The normalized spacial score (nSPS) is 13.8. The number of pyridine rings is 1. The molecule has 1 aliphatic heterocycles. The van der Waals surface area contributed by atoms with Crippen molar-refractivity contribution < 1.29 is 9.59 Å². The van der Waals surface area contributed by atoms with Crippen molar-refractivity contribution in [3.63, 3.8) is 0 Å². The summed E-state index contributed by atoms with van der Waals surface area (Å²) in [6, 6.07) is 9.38. The summed E-state index contributed by atoms with van der Waals surface area (Å²) in [5.74, 6) is -0.835. The molecule has 0 spiro atoms. The highest BCUT2D eigenvalue weighted by molar-refractivity contribution is 6.52. The molecule has 0 aliphatic carbocycles. The number of carbonyl (C=O) groups is 2. The molecular weight excluding hydrogens is 252 g/mol. The second kappa shape index (κ2) is 4.89. The Morgan fingerprint density at radius 1 is 1.10 bits per heavy atom. The van der Waals surface area contributed by atoms with Gasteiger partial charge in [0.15, 0.2) is 0 Å². The van der Waals surface area contributed by atoms with E-state index in [0.29, 0.717) is 18.5 Å². The second-order valence-electron chi connectivity index (χ2n) is 4.91. The summed E-state index contributed by atoms with van der Waals surface area (Å²) in [5.41, 5.74) is 3.33. The number of hydrogen-bond donors (Lipinski definition) is 0. The van der Waals surface area contributed by atoms with Crippen molar-refractivity contribution in [3.8, 4) is 0 Å². The van der Waals surface area contributed by atoms with E-state index in [4.69, 9.17) is 0 Å². The van der Waals surface area contributed by atoms with E-state index in [0.717, 1.165) is 16.8 Å². The zero-order valence-electron chi connectivity index (χ0n) is 11.2. The molecule has 20 heavy (non-hydrogen) atoms. The average Bonchev–Trinajstić information content (AvgIpc) is 2.70. The highest BCUT2D eigenvalue weighted by Crippen LogP contribution is 2.29. The summed E-state index contributed by atoms with van der Waals surface area (Å²) >= 11 is 0. The molecule has 2 aromatic rings. The van der Waals surface area contributed by atoms with Crippen molar-refractivity contribution in [2.75, 3.05) is 11.4 Å². The first-order valence-corrected chi connectivity index (χ1v) is 6.52. The van der Waals surface area contributed by atoms with E-state index in [9.17, 15) is 9.59 Å². The lowest BCUT2D eigenvalue weighted by atomic mass is 10.1. The summed E-state index contributed by atoms with van der Waals surface area (Å²) in [7, 11) is 0. The summed E-state index contributed by atoms with van der Waals surface area (Å²) < 4.78 is 0. The number of hydrogen-bond acceptors (Lipinski definition) is 3. The Labute approximate surface area is 117 Å². The lowest BCUT2D eigenvalue weighted by molar-refractivity contribution is -0.114. The zero-order valence-corrected chi connectivity index (χ0v) is 11.2. The fourth-order valence-electron chi connectivity index (χ4n) is 2.43. The van der Waals surface area contributed by atoms with Gasteiger partial charge in [0.25, 0.3) is 11.7 Å². The average molecular weight is 266 g/mol. The third kappa shape index (κ3) is 2.09. The molecule has 1 aromatic carbocycles. The summed E-state index contributed by atoms with van der Waals surface area (Å²) in [6.07, 6.45) is 4.15. The van der Waals surface area contributed by atoms with Gasteiger partial charge in [-0.05, 0) is 43.2 Å². The van der Waals surface area contributed by atoms with Crippen molar-refractivity contribution in [1.82, 2.24) is 4.98 Å². The van der Waals surface area contributed by atoms with E-state index in [-0.39, 0.29) is 0 Å². The number of carbonyl (C=O) groups excluding carboxylic acids is 2. The molecule has 4 heteroatoms. The van der Waals surface area contributed by atoms with E-state index in [2.05, 4.69) is 4.98 Å². The van der Waals surface area contributed by atoms with Gasteiger partial charge in [-0.15, -0.1) is 0 Å². The van der Waals surface area contributed by atoms with Gasteiger partial charge in [-0.2, -0.15) is 0 Å². The molecule has 0 radical (unpaired) electrons. The molecule has 1 amide bonds. The Morgan fingerprint density at radius 3 is 2.60 bits per heavy atom. The molecule has 0 unspecified atom stereocenters. The van der Waals surface area contributed by atoms with Crippen LogP contribution in [0.4, 0.5) is 5.69 Å². The van der Waals surface area contributed by atoms with E-state index in [1.54, 1.807) is 23.4 Å². The number of amides is 1. The van der Waals surface area contributed by atoms with Crippen LogP contribution < -0.4 is 4.90 Å². The topological polar surface area (TPSA) is 50.3 Å². The first-order chi connectivity index (χ1) is 9.66. The van der Waals surface area contributed by atoms with Crippen LogP contribution in [-0.2, 0) is 11.2 Å². The van der Waals surface area contributed by atoms with Gasteiger partial charge >= 0.3 is 0 Å². The van der Waals surface area contributed by atoms with Crippen molar-refractivity contribution in [2.45, 2.75) is 13.3 Å². The molecule has 0 atom stereocenters. The fraction of sp³-hybridized carbons (Fsp3) is 0.188. The number of nitrogens with zero attached hydrogens (tertiary/aromatic N) is 2. The lowest BCUT2D eigenvalue weighted by Crippen LogP contribution is -2.31. The third-order valence-corrected chi connectivity index (χ3v) is 3.50. The highest BCUT2D eigenvalue weighted by atomic mass is 16.2. The molecule has 0 saturated carbocycles. The van der Waals surface area contributed by atoms with Gasteiger partial charge in [-0.25, -0.2) is 0 Å². The van der Waals surface area contributed by atoms with E-state index < -0.39 is 11.7 Å². The van der Waals surface area contributed by atoms with Crippen LogP contribution in [0.15, 0.2) is 42.7 Å². The molecule has 1 aliphatic rings. The van der Waals surface area contributed by atoms with Crippen LogP contribution in [0.3, 0.4) is 0 Å². The Kier molecular flexibility index (Phi) is 3.06. The fourth-order valence-corrected chi connectivity index (χ4v) is 2.43. The summed E-state index contributed by atoms with van der Waals surface area (Å²) in [5, 5.41) is 0. The van der Waals surface area contributed by atoms with Crippen molar-refractivity contribution in [3.05, 3.63) is 59.4 Å². The summed E-state index contributed by atoms with van der Waals surface area (Å²) in [4.78, 5) is 29.6. The number of rotatable bonds is 3. The summed E-state index contributed by atoms with van der Waals surface area (Å²) in [6.45, 7) is 2.42. The van der Waals surface area contributed by atoms with Crippen LogP contribution >= 0.6 is 0 Å². The van der Waals surface area contributed by atoms with Crippen LogP contribution in [-0.4, -0.2) is 23.2 Å². The molecule has 100 valence electrons. The van der Waals surface area contributed by atoms with Gasteiger partial charge in [0, 0.05) is 18.9 Å². The predicted molar refractivity (Wildman–Crippen MR) is 75.8 cm³/mol. The SMILES string of the molecule is Cc1ccc2c(c1)C(=O)C(=O)N2CCc1ccncc1. The molecule has 0 saturated heterocycles. The van der Waals surface area contributed by atoms with Gasteiger partial charge in [0.2, 0.25) is 0 Å². The van der Waals surface area contributed by atoms with E-state index in [1.165, 1.54) is 0 Å². The Bertz CT molecular complexity index is 680. The van der Waals surface area contributed by atoms with E-state index in [1.807, 2.05) is 31.2 Å². The Morgan fingerprint density at radius 2 is 1.85 bits per heavy atom. The largest absolute Gasteiger partial charge is 0.304 e. The van der Waals surface area contributed by atoms with E-state index >= 15 is 0 Å². The van der Waals surface area contributed by atoms with Crippen LogP contribution in [0.5, 0.6) is 0 Å². The maximum Gasteiger partial charge on any atom is 0.299 e. The quantitative estimate of drug-likeness (QED) is 0.800. The Balaban J connectivity index is 1.84. The predicted octanol–water partition coefficient (Wildman–Crippen LogP) is 2.16. The minimum atomic E-state index is -0.431. The highest BCUT2D eigenvalue weighted by Gasteiger charge is 2.35. The Hall–Kier alpha value is -2.49.